The first-order valence-corrected chi connectivity index (χ1v) is 10.00. The molecule has 0 aromatic carbocycles. The number of hydrogen-bond donors (Lipinski definition) is 1. The van der Waals surface area contributed by atoms with Crippen molar-refractivity contribution < 1.29 is 9.21 Å². The Morgan fingerprint density at radius 3 is 2.89 bits per heavy atom. The van der Waals surface area contributed by atoms with E-state index in [1.54, 1.807) is 12.5 Å². The van der Waals surface area contributed by atoms with Gasteiger partial charge < -0.3 is 15.1 Å². The van der Waals surface area contributed by atoms with Gasteiger partial charge in [0.2, 0.25) is 0 Å². The molecule has 28 heavy (non-hydrogen) atoms. The Hall–Kier alpha value is -2.67. The van der Waals surface area contributed by atoms with Crippen LogP contribution in [0.2, 0.25) is 0 Å². The largest absolute Gasteiger partial charge is 0.463 e. The van der Waals surface area contributed by atoms with Crippen LogP contribution in [0.3, 0.4) is 0 Å². The summed E-state index contributed by atoms with van der Waals surface area (Å²) in [6.45, 7) is 5.63. The zero-order valence-electron chi connectivity index (χ0n) is 16.2. The van der Waals surface area contributed by atoms with E-state index in [2.05, 4.69) is 18.9 Å². The maximum atomic E-state index is 13.5. The molecule has 146 valence electrons. The van der Waals surface area contributed by atoms with Gasteiger partial charge in [-0.05, 0) is 56.7 Å². The first-order valence-electron chi connectivity index (χ1n) is 10.00. The van der Waals surface area contributed by atoms with Crippen molar-refractivity contribution in [2.24, 2.45) is 17.6 Å². The number of rotatable bonds is 3. The molecule has 1 amide bonds. The van der Waals surface area contributed by atoms with Crippen molar-refractivity contribution in [1.82, 2.24) is 19.7 Å². The summed E-state index contributed by atoms with van der Waals surface area (Å²) >= 11 is 0. The van der Waals surface area contributed by atoms with Crippen LogP contribution >= 0.6 is 0 Å². The standard InChI is InChI=1S/C21H25N5O2/c1-12(2)26-20-15(9-23-26)14(8-18(24-20)19-4-3-7-28-19)21(27)25-10-13-5-6-17(22)16(13)11-25/h3-4,7-9,12-13,16-17H,5-6,10-11,22H2,1-2H3. The number of amides is 1. The van der Waals surface area contributed by atoms with Gasteiger partial charge >= 0.3 is 0 Å². The van der Waals surface area contributed by atoms with Crippen LogP contribution in [0.25, 0.3) is 22.5 Å². The molecule has 1 saturated heterocycles. The van der Waals surface area contributed by atoms with Crippen molar-refractivity contribution in [3.05, 3.63) is 36.2 Å². The summed E-state index contributed by atoms with van der Waals surface area (Å²) in [5.41, 5.74) is 8.26. The number of aromatic nitrogens is 3. The fourth-order valence-corrected chi connectivity index (χ4v) is 4.77. The molecule has 0 radical (unpaired) electrons. The maximum Gasteiger partial charge on any atom is 0.254 e. The molecule has 5 rings (SSSR count). The van der Waals surface area contributed by atoms with E-state index in [1.807, 2.05) is 27.8 Å². The van der Waals surface area contributed by atoms with Crippen LogP contribution in [-0.4, -0.2) is 44.7 Å². The molecule has 7 nitrogen and oxygen atoms in total. The molecule has 2 aliphatic rings. The Balaban J connectivity index is 1.59. The SMILES string of the molecule is CC(C)n1ncc2c(C(=O)N3CC4CCC(N)C4C3)cc(-c3ccco3)nc21. The van der Waals surface area contributed by atoms with E-state index in [9.17, 15) is 4.79 Å². The topological polar surface area (TPSA) is 90.2 Å². The lowest BCUT2D eigenvalue weighted by atomic mass is 9.98. The molecule has 0 spiro atoms. The molecular formula is C21H25N5O2. The van der Waals surface area contributed by atoms with Crippen molar-refractivity contribution in [1.29, 1.82) is 0 Å². The molecule has 0 bridgehead atoms. The monoisotopic (exact) mass is 379 g/mol. The van der Waals surface area contributed by atoms with E-state index >= 15 is 0 Å². The van der Waals surface area contributed by atoms with Crippen molar-refractivity contribution in [2.45, 2.75) is 38.8 Å². The van der Waals surface area contributed by atoms with Crippen molar-refractivity contribution >= 4 is 16.9 Å². The minimum Gasteiger partial charge on any atom is -0.463 e. The summed E-state index contributed by atoms with van der Waals surface area (Å²) < 4.78 is 7.40. The van der Waals surface area contributed by atoms with Crippen LogP contribution in [0.4, 0.5) is 0 Å². The number of fused-ring (bicyclic) bond motifs is 2. The molecule has 3 atom stereocenters. The Bertz CT molecular complexity index is 1020. The molecule has 4 heterocycles. The van der Waals surface area contributed by atoms with Crippen molar-refractivity contribution in [3.63, 3.8) is 0 Å². The highest BCUT2D eigenvalue weighted by molar-refractivity contribution is 6.06. The average molecular weight is 379 g/mol. The molecule has 1 saturated carbocycles. The fraction of sp³-hybridized carbons (Fsp3) is 0.476. The molecule has 3 aromatic rings. The molecule has 3 unspecified atom stereocenters. The van der Waals surface area contributed by atoms with Gasteiger partial charge in [-0.3, -0.25) is 4.79 Å². The third-order valence-electron chi connectivity index (χ3n) is 6.26. The van der Waals surface area contributed by atoms with Gasteiger partial charge in [0.25, 0.3) is 5.91 Å². The van der Waals surface area contributed by atoms with E-state index in [-0.39, 0.29) is 18.0 Å². The lowest BCUT2D eigenvalue weighted by Crippen LogP contribution is -2.33. The van der Waals surface area contributed by atoms with E-state index in [0.29, 0.717) is 34.5 Å². The number of likely N-dealkylation sites (tertiary alicyclic amines) is 1. The molecule has 3 aromatic heterocycles. The fourth-order valence-electron chi connectivity index (χ4n) is 4.77. The summed E-state index contributed by atoms with van der Waals surface area (Å²) in [7, 11) is 0. The first kappa shape index (κ1) is 17.4. The summed E-state index contributed by atoms with van der Waals surface area (Å²) in [4.78, 5) is 20.2. The second kappa shape index (κ2) is 6.44. The summed E-state index contributed by atoms with van der Waals surface area (Å²) in [6.07, 6.45) is 5.56. The number of nitrogens with two attached hydrogens (primary N) is 1. The van der Waals surface area contributed by atoms with Gasteiger partial charge in [-0.25, -0.2) is 9.67 Å². The van der Waals surface area contributed by atoms with E-state index < -0.39 is 0 Å². The molecule has 2 fully saturated rings. The normalized spacial score (nSPS) is 24.4. The minimum absolute atomic E-state index is 0.0325. The van der Waals surface area contributed by atoms with Gasteiger partial charge in [0.15, 0.2) is 11.4 Å². The second-order valence-electron chi connectivity index (χ2n) is 8.33. The Morgan fingerprint density at radius 2 is 2.18 bits per heavy atom. The van der Waals surface area contributed by atoms with Crippen molar-refractivity contribution in [2.75, 3.05) is 13.1 Å². The number of pyridine rings is 1. The Labute approximate surface area is 163 Å². The van der Waals surface area contributed by atoms with Crippen LogP contribution in [0.5, 0.6) is 0 Å². The molecular weight excluding hydrogens is 354 g/mol. The predicted octanol–water partition coefficient (Wildman–Crippen LogP) is 3.08. The molecule has 7 heteroatoms. The van der Waals surface area contributed by atoms with Gasteiger partial charge in [-0.15, -0.1) is 0 Å². The average Bonchev–Trinajstić information content (AvgIpc) is 3.45. The van der Waals surface area contributed by atoms with Crippen LogP contribution in [0, 0.1) is 11.8 Å². The summed E-state index contributed by atoms with van der Waals surface area (Å²) in [5, 5.41) is 5.28. The highest BCUT2D eigenvalue weighted by Crippen LogP contribution is 2.38. The van der Waals surface area contributed by atoms with Crippen LogP contribution in [-0.2, 0) is 0 Å². The molecule has 1 aliphatic carbocycles. The lowest BCUT2D eigenvalue weighted by molar-refractivity contribution is 0.0781. The van der Waals surface area contributed by atoms with Crippen LogP contribution in [0.1, 0.15) is 43.1 Å². The Kier molecular flexibility index (Phi) is 4.01. The second-order valence-corrected chi connectivity index (χ2v) is 8.33. The van der Waals surface area contributed by atoms with E-state index in [0.717, 1.165) is 31.3 Å². The molecule has 1 aliphatic heterocycles. The van der Waals surface area contributed by atoms with Crippen molar-refractivity contribution in [3.8, 4) is 11.5 Å². The van der Waals surface area contributed by atoms with Gasteiger partial charge in [-0.1, -0.05) is 0 Å². The summed E-state index contributed by atoms with van der Waals surface area (Å²) in [6, 6.07) is 5.87. The number of nitrogens with zero attached hydrogens (tertiary/aromatic N) is 4. The van der Waals surface area contributed by atoms with Gasteiger partial charge in [0.1, 0.15) is 5.69 Å². The predicted molar refractivity (Wildman–Crippen MR) is 106 cm³/mol. The number of furan rings is 1. The van der Waals surface area contributed by atoms with Gasteiger partial charge in [-0.2, -0.15) is 5.10 Å². The van der Waals surface area contributed by atoms with Crippen LogP contribution in [0.15, 0.2) is 35.1 Å². The lowest BCUT2D eigenvalue weighted by Gasteiger charge is -2.19. The van der Waals surface area contributed by atoms with Gasteiger partial charge in [0, 0.05) is 25.2 Å². The number of carbonyl (C=O) groups is 1. The zero-order chi connectivity index (χ0) is 19.4. The Morgan fingerprint density at radius 1 is 1.32 bits per heavy atom. The zero-order valence-corrected chi connectivity index (χ0v) is 16.2. The molecule has 2 N–H and O–H groups in total. The first-order chi connectivity index (χ1) is 13.5. The maximum absolute atomic E-state index is 13.5. The third-order valence-corrected chi connectivity index (χ3v) is 6.26. The number of carbonyl (C=O) groups excluding carboxylic acids is 1. The number of hydrogen-bond acceptors (Lipinski definition) is 5. The summed E-state index contributed by atoms with van der Waals surface area (Å²) in [5.74, 6) is 1.63. The van der Waals surface area contributed by atoms with Crippen LogP contribution < -0.4 is 5.73 Å². The van der Waals surface area contributed by atoms with E-state index in [4.69, 9.17) is 15.1 Å². The minimum atomic E-state index is 0.0325. The highest BCUT2D eigenvalue weighted by atomic mass is 16.3. The quantitative estimate of drug-likeness (QED) is 0.755. The van der Waals surface area contributed by atoms with E-state index in [1.165, 1.54) is 0 Å². The highest BCUT2D eigenvalue weighted by Gasteiger charge is 2.43. The van der Waals surface area contributed by atoms with Gasteiger partial charge in [0.05, 0.1) is 23.4 Å². The smallest absolute Gasteiger partial charge is 0.254 e. The third kappa shape index (κ3) is 2.64.